The summed E-state index contributed by atoms with van der Waals surface area (Å²) < 4.78 is 10.9. The third kappa shape index (κ3) is 10.2. The summed E-state index contributed by atoms with van der Waals surface area (Å²) >= 11 is 7.36. The van der Waals surface area contributed by atoms with Crippen LogP contribution in [-0.2, 0) is 9.47 Å². The number of ether oxygens (including phenoxy) is 2. The van der Waals surface area contributed by atoms with Crippen LogP contribution in [0.25, 0.3) is 0 Å². The van der Waals surface area contributed by atoms with Crippen molar-refractivity contribution in [1.82, 2.24) is 3.71 Å². The van der Waals surface area contributed by atoms with Crippen molar-refractivity contribution in [3.63, 3.8) is 0 Å². The normalized spacial score (nSPS) is 10.1. The van der Waals surface area contributed by atoms with Crippen molar-refractivity contribution in [3.05, 3.63) is 0 Å². The number of carbonyl (C=O) groups is 1. The van der Waals surface area contributed by atoms with Gasteiger partial charge in [0.15, 0.2) is 0 Å². The molecule has 0 atom stereocenters. The van der Waals surface area contributed by atoms with Gasteiger partial charge in [-0.05, 0) is 51.8 Å². The second kappa shape index (κ2) is 10.4. The van der Waals surface area contributed by atoms with Crippen molar-refractivity contribution in [2.45, 2.75) is 32.6 Å². The lowest BCUT2D eigenvalue weighted by molar-refractivity contribution is 0.135. The van der Waals surface area contributed by atoms with Crippen molar-refractivity contribution in [1.29, 1.82) is 0 Å². The van der Waals surface area contributed by atoms with Gasteiger partial charge in [0.25, 0.3) is 0 Å². The number of nitrogens with zero attached hydrogens (tertiary/aromatic N) is 1. The van der Waals surface area contributed by atoms with Gasteiger partial charge in [-0.15, -0.1) is 0 Å². The Morgan fingerprint density at radius 1 is 1.13 bits per heavy atom. The molecule has 0 aromatic rings. The quantitative estimate of drug-likeness (QED) is 0.516. The molecule has 0 spiro atoms. The minimum absolute atomic E-state index is 0.422. The van der Waals surface area contributed by atoms with Crippen molar-refractivity contribution >= 4 is 31.7 Å². The molecule has 0 unspecified atom stereocenters. The van der Waals surface area contributed by atoms with Crippen LogP contribution >= 0.6 is 25.6 Å². The molecule has 90 valence electrons. The Hall–Kier alpha value is -0.0700. The van der Waals surface area contributed by atoms with E-state index in [1.807, 2.05) is 6.92 Å². The molecule has 0 radical (unpaired) electrons. The average Bonchev–Trinajstić information content (AvgIpc) is 2.21. The van der Waals surface area contributed by atoms with Gasteiger partial charge >= 0.3 is 6.09 Å². The fraction of sp³-hybridized carbons (Fsp3) is 0.889. The molecule has 0 aliphatic carbocycles. The summed E-state index contributed by atoms with van der Waals surface area (Å²) in [6, 6.07) is 0. The lowest BCUT2D eigenvalue weighted by Crippen LogP contribution is -2.14. The smallest absolute Gasteiger partial charge is 0.429 e. The van der Waals surface area contributed by atoms with Crippen molar-refractivity contribution in [2.75, 3.05) is 19.8 Å². The fourth-order valence-electron chi connectivity index (χ4n) is 1.02. The van der Waals surface area contributed by atoms with E-state index in [0.29, 0.717) is 6.61 Å². The number of hydrogen-bond donors (Lipinski definition) is 2. The number of hydrogen-bond acceptors (Lipinski definition) is 5. The van der Waals surface area contributed by atoms with E-state index in [1.165, 1.54) is 0 Å². The first-order valence-electron chi connectivity index (χ1n) is 5.10. The van der Waals surface area contributed by atoms with Crippen LogP contribution in [-0.4, -0.2) is 29.6 Å². The minimum Gasteiger partial charge on any atom is -0.448 e. The Kier molecular flexibility index (Phi) is 10.4. The topological polar surface area (TPSA) is 38.8 Å². The van der Waals surface area contributed by atoms with Gasteiger partial charge in [-0.1, -0.05) is 6.42 Å². The van der Waals surface area contributed by atoms with E-state index < -0.39 is 6.09 Å². The molecule has 0 N–H and O–H groups in total. The number of amides is 1. The number of carbonyl (C=O) groups excluding carboxylic acids is 1. The fourth-order valence-corrected chi connectivity index (χ4v) is 1.14. The summed E-state index contributed by atoms with van der Waals surface area (Å²) in [5.41, 5.74) is 0. The SMILES string of the molecule is CCOCCCCCCOC(=O)N(S)S. The lowest BCUT2D eigenvalue weighted by Gasteiger charge is -2.08. The molecule has 0 saturated heterocycles. The van der Waals surface area contributed by atoms with Crippen LogP contribution in [0.1, 0.15) is 32.6 Å². The zero-order valence-corrected chi connectivity index (χ0v) is 10.8. The van der Waals surface area contributed by atoms with Crippen molar-refractivity contribution in [2.24, 2.45) is 0 Å². The molecular weight excluding hydrogens is 234 g/mol. The Morgan fingerprint density at radius 2 is 1.73 bits per heavy atom. The maximum Gasteiger partial charge on any atom is 0.429 e. The van der Waals surface area contributed by atoms with E-state index in [-0.39, 0.29) is 0 Å². The molecule has 0 aromatic heterocycles. The first-order valence-corrected chi connectivity index (χ1v) is 5.90. The largest absolute Gasteiger partial charge is 0.448 e. The maximum absolute atomic E-state index is 10.8. The molecule has 0 heterocycles. The predicted molar refractivity (Wildman–Crippen MR) is 66.1 cm³/mol. The van der Waals surface area contributed by atoms with Crippen LogP contribution in [0.3, 0.4) is 0 Å². The highest BCUT2D eigenvalue weighted by Gasteiger charge is 2.05. The van der Waals surface area contributed by atoms with Crippen molar-refractivity contribution in [3.8, 4) is 0 Å². The zero-order valence-electron chi connectivity index (χ0n) is 9.02. The Labute approximate surface area is 102 Å². The van der Waals surface area contributed by atoms with E-state index in [1.54, 1.807) is 0 Å². The summed E-state index contributed by atoms with van der Waals surface area (Å²) in [5.74, 6) is 0. The molecule has 0 saturated carbocycles. The van der Waals surface area contributed by atoms with E-state index in [2.05, 4.69) is 25.6 Å². The summed E-state index contributed by atoms with van der Waals surface area (Å²) in [6.07, 6.45) is 3.54. The molecule has 1 amide bonds. The van der Waals surface area contributed by atoms with Gasteiger partial charge in [0.2, 0.25) is 0 Å². The predicted octanol–water partition coefficient (Wildman–Crippen LogP) is 2.71. The maximum atomic E-state index is 10.8. The standard InChI is InChI=1S/C9H19NO3S2/c1-2-12-7-5-3-4-6-8-13-9(11)10(14)15/h14-15H,2-8H2,1H3. The third-order valence-corrected chi connectivity index (χ3v) is 2.10. The molecule has 0 rings (SSSR count). The van der Waals surface area contributed by atoms with Crippen LogP contribution in [0.4, 0.5) is 4.79 Å². The molecule has 0 aromatic carbocycles. The number of rotatable bonds is 8. The van der Waals surface area contributed by atoms with Gasteiger partial charge in [-0.2, -0.15) is 3.71 Å². The van der Waals surface area contributed by atoms with Gasteiger partial charge in [0.05, 0.1) is 6.61 Å². The first kappa shape index (κ1) is 14.9. The molecule has 15 heavy (non-hydrogen) atoms. The summed E-state index contributed by atoms with van der Waals surface area (Å²) in [6.45, 7) is 4.00. The third-order valence-electron chi connectivity index (χ3n) is 1.78. The number of thiol groups is 2. The first-order chi connectivity index (χ1) is 7.18. The molecule has 4 nitrogen and oxygen atoms in total. The Bertz CT molecular complexity index is 167. The van der Waals surface area contributed by atoms with Gasteiger partial charge < -0.3 is 9.47 Å². The molecule has 0 fully saturated rings. The Morgan fingerprint density at radius 3 is 2.27 bits per heavy atom. The van der Waals surface area contributed by atoms with Gasteiger partial charge in [0.1, 0.15) is 0 Å². The second-order valence-corrected chi connectivity index (χ2v) is 4.13. The molecule has 0 bridgehead atoms. The minimum atomic E-state index is -0.531. The summed E-state index contributed by atoms with van der Waals surface area (Å²) in [4.78, 5) is 10.8. The van der Waals surface area contributed by atoms with E-state index in [4.69, 9.17) is 9.47 Å². The average molecular weight is 253 g/mol. The highest BCUT2D eigenvalue weighted by Crippen LogP contribution is 2.04. The Balaban J connectivity index is 3.08. The number of unbranched alkanes of at least 4 members (excludes halogenated alkanes) is 3. The van der Waals surface area contributed by atoms with Crippen molar-refractivity contribution < 1.29 is 14.3 Å². The van der Waals surface area contributed by atoms with Gasteiger partial charge in [-0.3, -0.25) is 0 Å². The van der Waals surface area contributed by atoms with Crippen LogP contribution < -0.4 is 0 Å². The van der Waals surface area contributed by atoms with Crippen LogP contribution in [0, 0.1) is 0 Å². The molecule has 0 aliphatic rings. The molecule has 6 heteroatoms. The van der Waals surface area contributed by atoms with Crippen LogP contribution in [0.5, 0.6) is 0 Å². The van der Waals surface area contributed by atoms with Gasteiger partial charge in [0, 0.05) is 13.2 Å². The highest BCUT2D eigenvalue weighted by atomic mass is 32.2. The van der Waals surface area contributed by atoms with Gasteiger partial charge in [-0.25, -0.2) is 4.79 Å². The summed E-state index contributed by atoms with van der Waals surface area (Å²) in [7, 11) is 0. The van der Waals surface area contributed by atoms with E-state index in [9.17, 15) is 4.79 Å². The monoisotopic (exact) mass is 253 g/mol. The van der Waals surface area contributed by atoms with Crippen LogP contribution in [0.2, 0.25) is 0 Å². The highest BCUT2D eigenvalue weighted by molar-refractivity contribution is 7.94. The molecule has 0 aliphatic heterocycles. The van der Waals surface area contributed by atoms with E-state index in [0.717, 1.165) is 42.6 Å². The lowest BCUT2D eigenvalue weighted by atomic mass is 10.2. The summed E-state index contributed by atoms with van der Waals surface area (Å²) in [5, 5.41) is 0. The molecular formula is C9H19NO3S2. The second-order valence-electron chi connectivity index (χ2n) is 3.01. The zero-order chi connectivity index (χ0) is 11.5. The van der Waals surface area contributed by atoms with E-state index >= 15 is 0 Å². The van der Waals surface area contributed by atoms with Crippen LogP contribution in [0.15, 0.2) is 0 Å².